The number of aryl methyl sites for hydroxylation is 2. The second kappa shape index (κ2) is 17.0. The first-order valence-corrected chi connectivity index (χ1v) is 14.3. The van der Waals surface area contributed by atoms with Gasteiger partial charge in [0.25, 0.3) is 0 Å². The lowest BCUT2D eigenvalue weighted by molar-refractivity contribution is 0.341. The van der Waals surface area contributed by atoms with Gasteiger partial charge in [-0.15, -0.1) is 0 Å². The number of fused-ring (bicyclic) bond motifs is 1. The van der Waals surface area contributed by atoms with Crippen LogP contribution >= 0.6 is 0 Å². The fourth-order valence-corrected chi connectivity index (χ4v) is 5.07. The van der Waals surface area contributed by atoms with Crippen molar-refractivity contribution in [1.82, 2.24) is 0 Å². The van der Waals surface area contributed by atoms with Gasteiger partial charge in [0.2, 0.25) is 0 Å². The maximum Gasteiger partial charge on any atom is 0.108 e. The molecule has 0 amide bonds. The molecule has 2 nitrogen and oxygen atoms in total. The average molecular weight is 469 g/mol. The van der Waals surface area contributed by atoms with Gasteiger partial charge in [-0.2, -0.15) is 0 Å². The Morgan fingerprint density at radius 3 is 2.26 bits per heavy atom. The van der Waals surface area contributed by atoms with Crippen molar-refractivity contribution >= 4 is 0 Å². The van der Waals surface area contributed by atoms with Crippen LogP contribution in [0.3, 0.4) is 0 Å². The van der Waals surface area contributed by atoms with Gasteiger partial charge in [0, 0.05) is 23.8 Å². The predicted molar refractivity (Wildman–Crippen MR) is 148 cm³/mol. The topological polar surface area (TPSA) is 33.4 Å². The Morgan fingerprint density at radius 2 is 1.59 bits per heavy atom. The van der Waals surface area contributed by atoms with E-state index in [0.29, 0.717) is 0 Å². The largest absolute Gasteiger partial charge is 0.466 e. The Labute approximate surface area is 210 Å². The highest BCUT2D eigenvalue weighted by Gasteiger charge is 2.35. The normalized spacial score (nSPS) is 18.5. The van der Waals surface area contributed by atoms with Crippen molar-refractivity contribution in [3.63, 3.8) is 0 Å². The van der Waals surface area contributed by atoms with Crippen LogP contribution in [0.5, 0.6) is 0 Å². The molecule has 0 spiro atoms. The molecule has 1 aliphatic carbocycles. The summed E-state index contributed by atoms with van der Waals surface area (Å²) in [5.74, 6) is 2.39. The van der Waals surface area contributed by atoms with E-state index in [-0.39, 0.29) is 12.0 Å². The molecular weight excluding hydrogens is 416 g/mol. The van der Waals surface area contributed by atoms with E-state index in [4.69, 9.17) is 9.52 Å². The molecule has 0 radical (unpaired) electrons. The first-order valence-electron chi connectivity index (χ1n) is 14.3. The van der Waals surface area contributed by atoms with Crippen LogP contribution in [0, 0.1) is 0 Å². The van der Waals surface area contributed by atoms with Crippen LogP contribution in [-0.4, -0.2) is 11.7 Å². The van der Waals surface area contributed by atoms with E-state index in [1.54, 1.807) is 0 Å². The van der Waals surface area contributed by atoms with Gasteiger partial charge in [-0.25, -0.2) is 0 Å². The number of aliphatic hydroxyl groups excluding tert-OH is 1. The van der Waals surface area contributed by atoms with Crippen molar-refractivity contribution < 1.29 is 9.52 Å². The highest BCUT2D eigenvalue weighted by atomic mass is 16.3. The summed E-state index contributed by atoms with van der Waals surface area (Å²) in [6.07, 6.45) is 32.9. The maximum atomic E-state index is 9.02. The predicted octanol–water partition coefficient (Wildman–Crippen LogP) is 9.56. The summed E-state index contributed by atoms with van der Waals surface area (Å²) < 4.78 is 6.22. The lowest BCUT2D eigenvalue weighted by atomic mass is 9.84. The van der Waals surface area contributed by atoms with E-state index >= 15 is 0 Å². The summed E-state index contributed by atoms with van der Waals surface area (Å²) in [7, 11) is 0. The molecule has 1 aromatic rings. The molecule has 0 fully saturated rings. The number of aliphatic hydroxyl groups is 1. The van der Waals surface area contributed by atoms with Crippen LogP contribution in [-0.2, 0) is 18.3 Å². The molecule has 1 aromatic heterocycles. The van der Waals surface area contributed by atoms with Gasteiger partial charge in [-0.1, -0.05) is 101 Å². The smallest absolute Gasteiger partial charge is 0.108 e. The van der Waals surface area contributed by atoms with Crippen LogP contribution in [0.4, 0.5) is 0 Å². The zero-order valence-electron chi connectivity index (χ0n) is 22.5. The molecule has 2 rings (SSSR count). The molecule has 1 heterocycles. The van der Waals surface area contributed by atoms with Gasteiger partial charge in [-0.05, 0) is 57.9 Å². The molecule has 0 saturated heterocycles. The molecule has 2 heteroatoms. The minimum Gasteiger partial charge on any atom is -0.466 e. The van der Waals surface area contributed by atoms with Gasteiger partial charge in [0.05, 0.1) is 6.61 Å². The third kappa shape index (κ3) is 10.8. The molecule has 0 bridgehead atoms. The third-order valence-corrected chi connectivity index (χ3v) is 7.40. The Bertz CT molecular complexity index is 751. The highest BCUT2D eigenvalue weighted by Crippen LogP contribution is 2.42. The quantitative estimate of drug-likeness (QED) is 0.162. The van der Waals surface area contributed by atoms with Crippen molar-refractivity contribution in [3.8, 4) is 0 Å². The Hall–Kier alpha value is -1.54. The lowest BCUT2D eigenvalue weighted by Gasteiger charge is -2.19. The van der Waals surface area contributed by atoms with Crippen LogP contribution in [0.25, 0.3) is 0 Å². The summed E-state index contributed by atoms with van der Waals surface area (Å²) >= 11 is 0. The zero-order chi connectivity index (χ0) is 24.5. The maximum absolute atomic E-state index is 9.02. The number of rotatable bonds is 19. The van der Waals surface area contributed by atoms with E-state index in [9.17, 15) is 0 Å². The minimum absolute atomic E-state index is 0.0964. The van der Waals surface area contributed by atoms with Crippen LogP contribution in [0.1, 0.15) is 134 Å². The molecule has 1 unspecified atom stereocenters. The van der Waals surface area contributed by atoms with Gasteiger partial charge in [-0.3, -0.25) is 0 Å². The number of hydrogen-bond donors (Lipinski definition) is 1. The molecular formula is C32H52O2. The number of hydrogen-bond acceptors (Lipinski definition) is 2. The summed E-state index contributed by atoms with van der Waals surface area (Å²) in [4.78, 5) is 0. The van der Waals surface area contributed by atoms with Crippen molar-refractivity contribution in [1.29, 1.82) is 0 Å². The van der Waals surface area contributed by atoms with E-state index in [1.807, 2.05) is 6.08 Å². The standard InChI is InChI=1S/C32H52O2/c1-4-5-6-7-8-9-10-11-12-13-14-15-16-17-18-21-29-27-30-31(34-29)22-25-32(30,3)24-19-20-28(2)23-26-33/h11-12,19,23-24,27,33H,4-10,13-18,20-22,25-26H2,1-3H3/b12-11-,24-19+,28-23+. The van der Waals surface area contributed by atoms with Gasteiger partial charge in [0.1, 0.15) is 11.5 Å². The Morgan fingerprint density at radius 1 is 0.941 bits per heavy atom. The molecule has 1 N–H and O–H groups in total. The number of unbranched alkanes of at least 4 members (excludes halogenated alkanes) is 11. The monoisotopic (exact) mass is 468 g/mol. The van der Waals surface area contributed by atoms with Crippen molar-refractivity contribution in [2.45, 2.75) is 135 Å². The second-order valence-corrected chi connectivity index (χ2v) is 10.6. The van der Waals surface area contributed by atoms with E-state index < -0.39 is 0 Å². The summed E-state index contributed by atoms with van der Waals surface area (Å²) in [5, 5.41) is 9.02. The Kier molecular flexibility index (Phi) is 14.3. The van der Waals surface area contributed by atoms with Gasteiger partial charge < -0.3 is 9.52 Å². The van der Waals surface area contributed by atoms with Crippen molar-refractivity contribution in [3.05, 3.63) is 59.1 Å². The van der Waals surface area contributed by atoms with Crippen LogP contribution in [0.2, 0.25) is 0 Å². The summed E-state index contributed by atoms with van der Waals surface area (Å²) in [5.41, 5.74) is 2.71. The van der Waals surface area contributed by atoms with Gasteiger partial charge in [0.15, 0.2) is 0 Å². The SMILES string of the molecule is CCCCCCCC/C=C\CCCCCCCc1cc2c(o1)CCC2(C)/C=C/C/C(C)=C/CO. The average Bonchev–Trinajstić information content (AvgIpc) is 3.36. The Balaban J connectivity index is 1.55. The first kappa shape index (κ1) is 28.7. The highest BCUT2D eigenvalue weighted by molar-refractivity contribution is 5.39. The first-order chi connectivity index (χ1) is 16.6. The summed E-state index contributed by atoms with van der Waals surface area (Å²) in [6.45, 7) is 6.82. The fraction of sp³-hybridized carbons (Fsp3) is 0.688. The molecule has 0 saturated carbocycles. The summed E-state index contributed by atoms with van der Waals surface area (Å²) in [6, 6.07) is 2.33. The molecule has 1 atom stereocenters. The number of allylic oxidation sites excluding steroid dienone is 5. The van der Waals surface area contributed by atoms with Crippen LogP contribution in [0.15, 0.2) is 46.4 Å². The molecule has 1 aliphatic rings. The van der Waals surface area contributed by atoms with Crippen molar-refractivity contribution in [2.75, 3.05) is 6.61 Å². The third-order valence-electron chi connectivity index (χ3n) is 7.40. The fourth-order valence-electron chi connectivity index (χ4n) is 5.07. The second-order valence-electron chi connectivity index (χ2n) is 10.6. The molecule has 192 valence electrons. The molecule has 0 aromatic carbocycles. The van der Waals surface area contributed by atoms with Crippen LogP contribution < -0.4 is 0 Å². The van der Waals surface area contributed by atoms with E-state index in [0.717, 1.165) is 25.7 Å². The van der Waals surface area contributed by atoms with E-state index in [1.165, 1.54) is 106 Å². The molecule has 0 aliphatic heterocycles. The van der Waals surface area contributed by atoms with Gasteiger partial charge >= 0.3 is 0 Å². The lowest BCUT2D eigenvalue weighted by Crippen LogP contribution is -2.13. The zero-order valence-corrected chi connectivity index (χ0v) is 22.5. The van der Waals surface area contributed by atoms with E-state index in [2.05, 4.69) is 51.1 Å². The molecule has 34 heavy (non-hydrogen) atoms. The minimum atomic E-state index is 0.0964. The number of furan rings is 1. The van der Waals surface area contributed by atoms with Crippen molar-refractivity contribution in [2.24, 2.45) is 0 Å².